The fourth-order valence-electron chi connectivity index (χ4n) is 5.52. The molecule has 0 atom stereocenters. The standard InChI is InChI=1S/C34H38N4O6/c1-5-36(6-2)19-20-44-24-12-13-25-27(22-24)34(41)38(32(25)39)18-16-31-35-28-10-8-7-9-26(28)33(40)37(31)17-15-23-11-14-29(42-3)30(21-23)43-4/h7-14,21-22H,5-6,15-20H2,1-4H3. The highest BCUT2D eigenvalue weighted by atomic mass is 16.5. The number of rotatable bonds is 14. The molecule has 5 rings (SSSR count). The summed E-state index contributed by atoms with van der Waals surface area (Å²) in [5.41, 5.74) is 2.05. The van der Waals surface area contributed by atoms with Crippen LogP contribution in [0.25, 0.3) is 10.9 Å². The van der Waals surface area contributed by atoms with Crippen LogP contribution in [-0.4, -0.2) is 78.2 Å². The van der Waals surface area contributed by atoms with Crippen LogP contribution in [0.15, 0.2) is 65.5 Å². The lowest BCUT2D eigenvalue weighted by atomic mass is 10.1. The van der Waals surface area contributed by atoms with Crippen LogP contribution in [0.2, 0.25) is 0 Å². The summed E-state index contributed by atoms with van der Waals surface area (Å²) in [5, 5.41) is 0.512. The average molecular weight is 599 g/mol. The van der Waals surface area contributed by atoms with Crippen LogP contribution in [0.1, 0.15) is 46.0 Å². The maximum atomic E-state index is 13.6. The molecule has 0 aliphatic carbocycles. The molecule has 1 aliphatic heterocycles. The topological polar surface area (TPSA) is 103 Å². The van der Waals surface area contributed by atoms with Crippen molar-refractivity contribution in [3.05, 3.63) is 93.5 Å². The van der Waals surface area contributed by atoms with Gasteiger partial charge in [-0.3, -0.25) is 23.9 Å². The van der Waals surface area contributed by atoms with E-state index in [1.807, 2.05) is 30.3 Å². The molecule has 1 aliphatic rings. The largest absolute Gasteiger partial charge is 0.493 e. The van der Waals surface area contributed by atoms with E-state index in [1.165, 1.54) is 4.90 Å². The van der Waals surface area contributed by atoms with Crippen molar-refractivity contribution in [2.24, 2.45) is 0 Å². The summed E-state index contributed by atoms with van der Waals surface area (Å²) < 4.78 is 18.3. The first-order chi connectivity index (χ1) is 21.4. The number of aromatic nitrogens is 2. The molecule has 0 radical (unpaired) electrons. The SMILES string of the molecule is CCN(CC)CCOc1ccc2c(c1)C(=O)N(CCc1nc3ccccc3c(=O)n1CCc1ccc(OC)c(OC)c1)C2=O. The Labute approximate surface area is 256 Å². The Kier molecular flexibility index (Phi) is 9.59. The second-order valence-electron chi connectivity index (χ2n) is 10.5. The number of aryl methyl sites for hydroxylation is 1. The molecular weight excluding hydrogens is 560 g/mol. The van der Waals surface area contributed by atoms with Crippen molar-refractivity contribution in [3.63, 3.8) is 0 Å². The zero-order valence-electron chi connectivity index (χ0n) is 25.7. The van der Waals surface area contributed by atoms with Crippen molar-refractivity contribution in [1.29, 1.82) is 0 Å². The normalized spacial score (nSPS) is 12.7. The molecule has 10 nitrogen and oxygen atoms in total. The van der Waals surface area contributed by atoms with E-state index in [1.54, 1.807) is 49.1 Å². The van der Waals surface area contributed by atoms with Crippen LogP contribution in [-0.2, 0) is 19.4 Å². The summed E-state index contributed by atoms with van der Waals surface area (Å²) in [4.78, 5) is 48.5. The smallest absolute Gasteiger partial charge is 0.261 e. The molecule has 2 amide bonds. The Morgan fingerprint density at radius 3 is 2.30 bits per heavy atom. The predicted molar refractivity (Wildman–Crippen MR) is 168 cm³/mol. The van der Waals surface area contributed by atoms with Crippen LogP contribution >= 0.6 is 0 Å². The van der Waals surface area contributed by atoms with Crippen LogP contribution < -0.4 is 19.8 Å². The third-order valence-corrected chi connectivity index (χ3v) is 8.08. The van der Waals surface area contributed by atoms with Crippen LogP contribution in [0.5, 0.6) is 17.2 Å². The second kappa shape index (κ2) is 13.7. The summed E-state index contributed by atoms with van der Waals surface area (Å²) in [7, 11) is 3.16. The molecule has 44 heavy (non-hydrogen) atoms. The number of ether oxygens (including phenoxy) is 3. The van der Waals surface area contributed by atoms with Gasteiger partial charge >= 0.3 is 0 Å². The lowest BCUT2D eigenvalue weighted by molar-refractivity contribution is 0.0655. The van der Waals surface area contributed by atoms with E-state index in [9.17, 15) is 14.4 Å². The van der Waals surface area contributed by atoms with Gasteiger partial charge in [-0.05, 0) is 67.5 Å². The summed E-state index contributed by atoms with van der Waals surface area (Å²) >= 11 is 0. The van der Waals surface area contributed by atoms with E-state index in [4.69, 9.17) is 19.2 Å². The zero-order valence-corrected chi connectivity index (χ0v) is 25.7. The molecule has 0 N–H and O–H groups in total. The van der Waals surface area contributed by atoms with Crippen molar-refractivity contribution in [3.8, 4) is 17.2 Å². The highest BCUT2D eigenvalue weighted by molar-refractivity contribution is 6.21. The number of likely N-dealkylation sites (N-methyl/N-ethyl adjacent to an activating group) is 1. The molecule has 0 fully saturated rings. The number of hydrogen-bond donors (Lipinski definition) is 0. The molecule has 2 heterocycles. The average Bonchev–Trinajstić information content (AvgIpc) is 3.29. The summed E-state index contributed by atoms with van der Waals surface area (Å²) in [6, 6.07) is 17.9. The predicted octanol–water partition coefficient (Wildman–Crippen LogP) is 4.22. The summed E-state index contributed by atoms with van der Waals surface area (Å²) in [6.45, 7) is 7.77. The van der Waals surface area contributed by atoms with Crippen molar-refractivity contribution in [1.82, 2.24) is 19.4 Å². The summed E-state index contributed by atoms with van der Waals surface area (Å²) in [5.74, 6) is 1.56. The maximum absolute atomic E-state index is 13.6. The molecule has 0 saturated carbocycles. The molecule has 10 heteroatoms. The van der Waals surface area contributed by atoms with Crippen molar-refractivity contribution < 1.29 is 23.8 Å². The number of carbonyl (C=O) groups is 2. The highest BCUT2D eigenvalue weighted by Gasteiger charge is 2.35. The molecule has 0 spiro atoms. The summed E-state index contributed by atoms with van der Waals surface area (Å²) in [6.07, 6.45) is 0.766. The van der Waals surface area contributed by atoms with E-state index in [0.29, 0.717) is 64.7 Å². The van der Waals surface area contributed by atoms with Crippen LogP contribution in [0.4, 0.5) is 0 Å². The molecule has 4 aromatic rings. The molecule has 230 valence electrons. The molecular formula is C34H38N4O6. The molecule has 0 saturated heterocycles. The number of hydrogen-bond acceptors (Lipinski definition) is 8. The Bertz CT molecular complexity index is 1730. The van der Waals surface area contributed by atoms with Gasteiger partial charge in [-0.25, -0.2) is 4.98 Å². The Hall–Kier alpha value is -4.70. The molecule has 3 aromatic carbocycles. The van der Waals surface area contributed by atoms with Gasteiger partial charge in [0.2, 0.25) is 0 Å². The minimum Gasteiger partial charge on any atom is -0.493 e. The number of imide groups is 1. The van der Waals surface area contributed by atoms with Gasteiger partial charge < -0.3 is 19.1 Å². The van der Waals surface area contributed by atoms with Crippen molar-refractivity contribution >= 4 is 22.7 Å². The third kappa shape index (κ3) is 6.30. The lowest BCUT2D eigenvalue weighted by Crippen LogP contribution is -2.34. The van der Waals surface area contributed by atoms with Gasteiger partial charge in [-0.1, -0.05) is 32.0 Å². The van der Waals surface area contributed by atoms with E-state index in [0.717, 1.165) is 25.2 Å². The second-order valence-corrected chi connectivity index (χ2v) is 10.5. The first-order valence-electron chi connectivity index (χ1n) is 14.9. The van der Waals surface area contributed by atoms with E-state index in [-0.39, 0.29) is 30.3 Å². The third-order valence-electron chi connectivity index (χ3n) is 8.08. The van der Waals surface area contributed by atoms with Crippen molar-refractivity contribution in [2.45, 2.75) is 33.2 Å². The first kappa shape index (κ1) is 30.7. The fourth-order valence-corrected chi connectivity index (χ4v) is 5.52. The Morgan fingerprint density at radius 2 is 1.55 bits per heavy atom. The number of nitrogens with zero attached hydrogens (tertiary/aromatic N) is 4. The van der Waals surface area contributed by atoms with Gasteiger partial charge in [0.05, 0.1) is 36.2 Å². The van der Waals surface area contributed by atoms with Gasteiger partial charge in [0.25, 0.3) is 17.4 Å². The zero-order chi connectivity index (χ0) is 31.2. The quantitative estimate of drug-likeness (QED) is 0.199. The number of amides is 2. The minimum absolute atomic E-state index is 0.0889. The fraction of sp³-hybridized carbons (Fsp3) is 0.353. The minimum atomic E-state index is -0.376. The molecule has 0 unspecified atom stereocenters. The first-order valence-corrected chi connectivity index (χ1v) is 14.9. The van der Waals surface area contributed by atoms with E-state index >= 15 is 0 Å². The number of benzene rings is 3. The van der Waals surface area contributed by atoms with Gasteiger partial charge in [-0.2, -0.15) is 0 Å². The van der Waals surface area contributed by atoms with Gasteiger partial charge in [-0.15, -0.1) is 0 Å². The van der Waals surface area contributed by atoms with Gasteiger partial charge in [0, 0.05) is 26.1 Å². The Morgan fingerprint density at radius 1 is 0.795 bits per heavy atom. The Balaban J connectivity index is 1.34. The van der Waals surface area contributed by atoms with Gasteiger partial charge in [0.15, 0.2) is 11.5 Å². The highest BCUT2D eigenvalue weighted by Crippen LogP contribution is 2.29. The lowest BCUT2D eigenvalue weighted by Gasteiger charge is -2.18. The van der Waals surface area contributed by atoms with Crippen LogP contribution in [0, 0.1) is 0 Å². The monoisotopic (exact) mass is 598 g/mol. The number of fused-ring (bicyclic) bond motifs is 2. The van der Waals surface area contributed by atoms with Gasteiger partial charge in [0.1, 0.15) is 18.2 Å². The number of methoxy groups -OCH3 is 2. The number of carbonyl (C=O) groups excluding carboxylic acids is 2. The van der Waals surface area contributed by atoms with Crippen molar-refractivity contribution in [2.75, 3.05) is 47.0 Å². The number of para-hydroxylation sites is 1. The molecule has 0 bridgehead atoms. The van der Waals surface area contributed by atoms with Crippen LogP contribution in [0.3, 0.4) is 0 Å². The van der Waals surface area contributed by atoms with E-state index < -0.39 is 0 Å². The van der Waals surface area contributed by atoms with E-state index in [2.05, 4.69) is 18.7 Å². The maximum Gasteiger partial charge on any atom is 0.261 e. The molecule has 1 aromatic heterocycles.